The van der Waals surface area contributed by atoms with E-state index in [2.05, 4.69) is 24.2 Å². The number of likely N-dealkylation sites (tertiary alicyclic amines) is 1. The highest BCUT2D eigenvalue weighted by molar-refractivity contribution is 5.12. The maximum absolute atomic E-state index is 5.90. The number of hydrogen-bond donors (Lipinski definition) is 1. The summed E-state index contributed by atoms with van der Waals surface area (Å²) < 4.78 is 5.90. The zero-order valence-corrected chi connectivity index (χ0v) is 11.2. The Labute approximate surface area is 105 Å². The SMILES string of the molecule is CCOC1CC(NC2CCN(C)C2)C12CCC2. The van der Waals surface area contributed by atoms with E-state index in [4.69, 9.17) is 4.74 Å². The Bertz CT molecular complexity index is 277. The molecule has 0 aromatic heterocycles. The van der Waals surface area contributed by atoms with Gasteiger partial charge in [0.2, 0.25) is 0 Å². The van der Waals surface area contributed by atoms with Gasteiger partial charge in [0.05, 0.1) is 6.10 Å². The van der Waals surface area contributed by atoms with E-state index in [-0.39, 0.29) is 0 Å². The molecule has 3 unspecified atom stereocenters. The minimum atomic E-state index is 0.525. The van der Waals surface area contributed by atoms with Gasteiger partial charge < -0.3 is 15.0 Å². The summed E-state index contributed by atoms with van der Waals surface area (Å²) in [6.45, 7) is 5.49. The molecule has 0 radical (unpaired) electrons. The van der Waals surface area contributed by atoms with Crippen molar-refractivity contribution in [2.24, 2.45) is 5.41 Å². The molecule has 0 bridgehead atoms. The first kappa shape index (κ1) is 11.9. The van der Waals surface area contributed by atoms with Crippen molar-refractivity contribution in [1.82, 2.24) is 10.2 Å². The Morgan fingerprint density at radius 1 is 1.41 bits per heavy atom. The first-order chi connectivity index (χ1) is 8.24. The number of likely N-dealkylation sites (N-methyl/N-ethyl adjacent to an activating group) is 1. The van der Waals surface area contributed by atoms with Gasteiger partial charge in [-0.25, -0.2) is 0 Å². The minimum absolute atomic E-state index is 0.525. The Balaban J connectivity index is 1.55. The van der Waals surface area contributed by atoms with Gasteiger partial charge >= 0.3 is 0 Å². The van der Waals surface area contributed by atoms with Crippen LogP contribution in [0.4, 0.5) is 0 Å². The molecule has 3 heteroatoms. The first-order valence-corrected chi connectivity index (χ1v) is 7.31. The zero-order chi connectivity index (χ0) is 11.9. The highest BCUT2D eigenvalue weighted by Gasteiger charge is 2.59. The van der Waals surface area contributed by atoms with Crippen molar-refractivity contribution in [3.63, 3.8) is 0 Å². The van der Waals surface area contributed by atoms with Crippen LogP contribution in [0.5, 0.6) is 0 Å². The largest absolute Gasteiger partial charge is 0.378 e. The normalized spacial score (nSPS) is 40.2. The van der Waals surface area contributed by atoms with Gasteiger partial charge in [0.1, 0.15) is 0 Å². The molecule has 98 valence electrons. The lowest BCUT2D eigenvalue weighted by molar-refractivity contribution is -0.174. The zero-order valence-electron chi connectivity index (χ0n) is 11.2. The van der Waals surface area contributed by atoms with Crippen LogP contribution in [-0.2, 0) is 4.74 Å². The van der Waals surface area contributed by atoms with E-state index in [1.54, 1.807) is 0 Å². The van der Waals surface area contributed by atoms with Gasteiger partial charge in [0.15, 0.2) is 0 Å². The van der Waals surface area contributed by atoms with E-state index < -0.39 is 0 Å². The summed E-state index contributed by atoms with van der Waals surface area (Å²) in [5.74, 6) is 0. The molecular formula is C14H26N2O. The number of nitrogens with one attached hydrogen (secondary N) is 1. The predicted octanol–water partition coefficient (Wildman–Crippen LogP) is 1.63. The van der Waals surface area contributed by atoms with Crippen LogP contribution in [0.2, 0.25) is 0 Å². The van der Waals surface area contributed by atoms with E-state index in [1.165, 1.54) is 45.2 Å². The van der Waals surface area contributed by atoms with Crippen LogP contribution in [-0.4, -0.2) is 49.8 Å². The summed E-state index contributed by atoms with van der Waals surface area (Å²) >= 11 is 0. The fourth-order valence-corrected chi connectivity index (χ4v) is 4.03. The van der Waals surface area contributed by atoms with Crippen molar-refractivity contribution in [1.29, 1.82) is 0 Å². The molecule has 1 N–H and O–H groups in total. The van der Waals surface area contributed by atoms with E-state index in [0.717, 1.165) is 18.7 Å². The smallest absolute Gasteiger partial charge is 0.0661 e. The van der Waals surface area contributed by atoms with Gasteiger partial charge in [0.25, 0.3) is 0 Å². The van der Waals surface area contributed by atoms with Crippen LogP contribution in [0.25, 0.3) is 0 Å². The Hall–Kier alpha value is -0.120. The summed E-state index contributed by atoms with van der Waals surface area (Å²) in [6, 6.07) is 1.47. The first-order valence-electron chi connectivity index (χ1n) is 7.31. The Morgan fingerprint density at radius 3 is 2.76 bits per heavy atom. The van der Waals surface area contributed by atoms with Crippen molar-refractivity contribution in [3.05, 3.63) is 0 Å². The lowest BCUT2D eigenvalue weighted by Gasteiger charge is -2.61. The average molecular weight is 238 g/mol. The summed E-state index contributed by atoms with van der Waals surface area (Å²) in [5, 5.41) is 3.91. The molecule has 2 aliphatic carbocycles. The summed E-state index contributed by atoms with van der Waals surface area (Å²) in [7, 11) is 2.23. The molecule has 3 fully saturated rings. The van der Waals surface area contributed by atoms with E-state index >= 15 is 0 Å². The second-order valence-electron chi connectivity index (χ2n) is 6.23. The summed E-state index contributed by atoms with van der Waals surface area (Å²) in [5.41, 5.74) is 0.525. The second kappa shape index (κ2) is 4.52. The quantitative estimate of drug-likeness (QED) is 0.805. The fourth-order valence-electron chi connectivity index (χ4n) is 4.03. The number of nitrogens with zero attached hydrogens (tertiary/aromatic N) is 1. The number of ether oxygens (including phenoxy) is 1. The van der Waals surface area contributed by atoms with Gasteiger partial charge in [-0.1, -0.05) is 6.42 Å². The monoisotopic (exact) mass is 238 g/mol. The lowest BCUT2D eigenvalue weighted by atomic mass is 9.51. The molecule has 3 rings (SSSR count). The van der Waals surface area contributed by atoms with E-state index in [0.29, 0.717) is 11.5 Å². The van der Waals surface area contributed by atoms with Crippen molar-refractivity contribution < 1.29 is 4.74 Å². The van der Waals surface area contributed by atoms with Gasteiger partial charge in [-0.15, -0.1) is 0 Å². The van der Waals surface area contributed by atoms with E-state index in [1.807, 2.05) is 0 Å². The molecule has 3 aliphatic rings. The molecule has 17 heavy (non-hydrogen) atoms. The Morgan fingerprint density at radius 2 is 2.24 bits per heavy atom. The van der Waals surface area contributed by atoms with Crippen LogP contribution in [0.15, 0.2) is 0 Å². The van der Waals surface area contributed by atoms with Crippen molar-refractivity contribution in [2.75, 3.05) is 26.7 Å². The standard InChI is InChI=1S/C14H26N2O/c1-3-17-13-9-12(14(13)6-4-7-14)15-11-5-8-16(2)10-11/h11-13,15H,3-10H2,1-2H3. The Kier molecular flexibility index (Phi) is 3.18. The second-order valence-corrected chi connectivity index (χ2v) is 6.23. The van der Waals surface area contributed by atoms with Crippen molar-refractivity contribution in [3.8, 4) is 0 Å². The molecule has 1 saturated heterocycles. The lowest BCUT2D eigenvalue weighted by Crippen LogP contribution is -2.68. The van der Waals surface area contributed by atoms with Crippen molar-refractivity contribution >= 4 is 0 Å². The van der Waals surface area contributed by atoms with Gasteiger partial charge in [-0.2, -0.15) is 0 Å². The number of rotatable bonds is 4. The van der Waals surface area contributed by atoms with Crippen LogP contribution >= 0.6 is 0 Å². The predicted molar refractivity (Wildman–Crippen MR) is 69.1 cm³/mol. The van der Waals surface area contributed by atoms with Gasteiger partial charge in [-0.05, 0) is 46.2 Å². The topological polar surface area (TPSA) is 24.5 Å². The van der Waals surface area contributed by atoms with Crippen LogP contribution in [0.3, 0.4) is 0 Å². The molecule has 2 saturated carbocycles. The highest BCUT2D eigenvalue weighted by atomic mass is 16.5. The molecular weight excluding hydrogens is 212 g/mol. The average Bonchev–Trinajstić information content (AvgIpc) is 2.60. The molecule has 3 nitrogen and oxygen atoms in total. The third-order valence-corrected chi connectivity index (χ3v) is 5.27. The maximum Gasteiger partial charge on any atom is 0.0661 e. The highest BCUT2D eigenvalue weighted by Crippen LogP contribution is 2.57. The summed E-state index contributed by atoms with van der Waals surface area (Å²) in [4.78, 5) is 2.43. The van der Waals surface area contributed by atoms with Crippen LogP contribution in [0, 0.1) is 5.41 Å². The molecule has 3 atom stereocenters. The molecule has 1 heterocycles. The molecule has 0 amide bonds. The van der Waals surface area contributed by atoms with Gasteiger partial charge in [0, 0.05) is 30.7 Å². The van der Waals surface area contributed by atoms with E-state index in [9.17, 15) is 0 Å². The van der Waals surface area contributed by atoms with Crippen LogP contribution in [0.1, 0.15) is 39.0 Å². The maximum atomic E-state index is 5.90. The molecule has 1 spiro atoms. The fraction of sp³-hybridized carbons (Fsp3) is 1.00. The minimum Gasteiger partial charge on any atom is -0.378 e. The third-order valence-electron chi connectivity index (χ3n) is 5.27. The van der Waals surface area contributed by atoms with Crippen LogP contribution < -0.4 is 5.32 Å². The number of hydrogen-bond acceptors (Lipinski definition) is 3. The van der Waals surface area contributed by atoms with Gasteiger partial charge in [-0.3, -0.25) is 0 Å². The molecule has 0 aromatic carbocycles. The molecule has 1 aliphatic heterocycles. The molecule has 0 aromatic rings. The third kappa shape index (κ3) is 1.92. The van der Waals surface area contributed by atoms with Crippen molar-refractivity contribution in [2.45, 2.75) is 57.2 Å². The summed E-state index contributed by atoms with van der Waals surface area (Å²) in [6.07, 6.45) is 7.30.